The van der Waals surface area contributed by atoms with Gasteiger partial charge in [-0.15, -0.1) is 0 Å². The molecule has 0 aromatic heterocycles. The molecule has 0 radical (unpaired) electrons. The number of nitrogens with one attached hydrogen (secondary N) is 1. The Kier molecular flexibility index (Phi) is 8.15. The zero-order valence-electron chi connectivity index (χ0n) is 19.1. The van der Waals surface area contributed by atoms with Crippen molar-refractivity contribution in [1.82, 2.24) is 10.2 Å². The predicted octanol–water partition coefficient (Wildman–Crippen LogP) is 3.15. The molecule has 8 heteroatoms. The van der Waals surface area contributed by atoms with Gasteiger partial charge in [0.05, 0.1) is 19.1 Å². The molecule has 1 aliphatic heterocycles. The number of amides is 1. The molecule has 3 rings (SSSR count). The number of nitrogens with zero attached hydrogens (tertiary/aromatic N) is 2. The van der Waals surface area contributed by atoms with Crippen LogP contribution in [0.5, 0.6) is 5.75 Å². The van der Waals surface area contributed by atoms with Crippen molar-refractivity contribution in [2.24, 2.45) is 0 Å². The number of anilines is 1. The maximum Gasteiger partial charge on any atom is 0.244 e. The summed E-state index contributed by atoms with van der Waals surface area (Å²) in [5.41, 5.74) is 2.68. The van der Waals surface area contributed by atoms with Gasteiger partial charge in [0.1, 0.15) is 11.8 Å². The van der Waals surface area contributed by atoms with Crippen LogP contribution in [0.1, 0.15) is 37.3 Å². The second kappa shape index (κ2) is 10.8. The second-order valence-corrected chi connectivity index (χ2v) is 10.0. The van der Waals surface area contributed by atoms with Gasteiger partial charge in [-0.3, -0.25) is 14.0 Å². The molecule has 0 spiro atoms. The average Bonchev–Trinajstić information content (AvgIpc) is 3.29. The van der Waals surface area contributed by atoms with Gasteiger partial charge in [0.2, 0.25) is 15.9 Å². The molecule has 2 aromatic carbocycles. The molecule has 1 amide bonds. The molecule has 1 saturated heterocycles. The Balaban J connectivity index is 1.75. The Hall–Kier alpha value is -2.58. The van der Waals surface area contributed by atoms with Crippen LogP contribution in [0.3, 0.4) is 0 Å². The van der Waals surface area contributed by atoms with E-state index in [0.29, 0.717) is 24.4 Å². The van der Waals surface area contributed by atoms with Gasteiger partial charge in [0.15, 0.2) is 0 Å². The van der Waals surface area contributed by atoms with Gasteiger partial charge in [0, 0.05) is 13.1 Å². The summed E-state index contributed by atoms with van der Waals surface area (Å²) in [6, 6.07) is 13.9. The summed E-state index contributed by atoms with van der Waals surface area (Å²) in [5, 5.41) is 2.97. The fourth-order valence-corrected chi connectivity index (χ4v) is 5.37. The molecule has 1 aliphatic rings. The number of sulfonamides is 1. The van der Waals surface area contributed by atoms with Crippen molar-refractivity contribution >= 4 is 21.6 Å². The van der Waals surface area contributed by atoms with Crippen molar-refractivity contribution in [2.75, 3.05) is 30.8 Å². The maximum absolute atomic E-state index is 13.1. The summed E-state index contributed by atoms with van der Waals surface area (Å²) in [6.07, 6.45) is 3.92. The van der Waals surface area contributed by atoms with Crippen molar-refractivity contribution in [2.45, 2.75) is 45.3 Å². The molecule has 1 fully saturated rings. The van der Waals surface area contributed by atoms with Crippen molar-refractivity contribution in [3.63, 3.8) is 0 Å². The van der Waals surface area contributed by atoms with Crippen molar-refractivity contribution < 1.29 is 17.9 Å². The van der Waals surface area contributed by atoms with Crippen LogP contribution in [-0.2, 0) is 27.9 Å². The predicted molar refractivity (Wildman–Crippen MR) is 127 cm³/mol. The summed E-state index contributed by atoms with van der Waals surface area (Å²) in [5.74, 6) is 0.305. The van der Waals surface area contributed by atoms with Gasteiger partial charge in [-0.1, -0.05) is 31.2 Å². The lowest BCUT2D eigenvalue weighted by atomic mass is 10.1. The van der Waals surface area contributed by atoms with Gasteiger partial charge in [-0.05, 0) is 67.7 Å². The SMILES string of the molecule is CCC(C(=O)NCc1ccccc1CN1CCCC1)N(c1ccc(OC)cc1)S(C)(=O)=O. The number of hydrogen-bond acceptors (Lipinski definition) is 5. The highest BCUT2D eigenvalue weighted by Crippen LogP contribution is 2.25. The first-order valence-corrected chi connectivity index (χ1v) is 12.9. The van der Waals surface area contributed by atoms with E-state index in [4.69, 9.17) is 4.74 Å². The molecule has 0 saturated carbocycles. The van der Waals surface area contributed by atoms with Crippen LogP contribution >= 0.6 is 0 Å². The van der Waals surface area contributed by atoms with Gasteiger partial charge >= 0.3 is 0 Å². The molecule has 0 aliphatic carbocycles. The summed E-state index contributed by atoms with van der Waals surface area (Å²) in [7, 11) is -2.13. The van der Waals surface area contributed by atoms with Crippen LogP contribution in [0.25, 0.3) is 0 Å². The molecule has 0 bridgehead atoms. The zero-order valence-corrected chi connectivity index (χ0v) is 19.9. The normalized spacial score (nSPS) is 15.3. The third-order valence-corrected chi connectivity index (χ3v) is 7.00. The molecule has 1 unspecified atom stereocenters. The Morgan fingerprint density at radius 2 is 1.72 bits per heavy atom. The summed E-state index contributed by atoms with van der Waals surface area (Å²) < 4.78 is 31.6. The van der Waals surface area contributed by atoms with Gasteiger partial charge < -0.3 is 10.1 Å². The zero-order chi connectivity index (χ0) is 23.1. The number of carbonyl (C=O) groups is 1. The fraction of sp³-hybridized carbons (Fsp3) is 0.458. The van der Waals surface area contributed by atoms with Crippen LogP contribution in [0.4, 0.5) is 5.69 Å². The summed E-state index contributed by atoms with van der Waals surface area (Å²) >= 11 is 0. The average molecular weight is 460 g/mol. The van der Waals surface area contributed by atoms with Gasteiger partial charge in [-0.2, -0.15) is 0 Å². The molecule has 32 heavy (non-hydrogen) atoms. The van der Waals surface area contributed by atoms with E-state index < -0.39 is 16.1 Å². The molecule has 1 N–H and O–H groups in total. The first-order valence-electron chi connectivity index (χ1n) is 11.0. The Morgan fingerprint density at radius 3 is 2.28 bits per heavy atom. The topological polar surface area (TPSA) is 79.0 Å². The van der Waals surface area contributed by atoms with E-state index in [1.54, 1.807) is 31.4 Å². The number of carbonyl (C=O) groups excluding carboxylic acids is 1. The van der Waals surface area contributed by atoms with E-state index in [0.717, 1.165) is 31.5 Å². The second-order valence-electron chi connectivity index (χ2n) is 8.15. The minimum atomic E-state index is -3.68. The largest absolute Gasteiger partial charge is 0.497 e. The van der Waals surface area contributed by atoms with E-state index >= 15 is 0 Å². The van der Waals surface area contributed by atoms with Gasteiger partial charge in [0.25, 0.3) is 0 Å². The van der Waals surface area contributed by atoms with Crippen molar-refractivity contribution in [3.8, 4) is 5.75 Å². The molecule has 1 atom stereocenters. The first-order chi connectivity index (χ1) is 15.3. The quantitative estimate of drug-likeness (QED) is 0.591. The molecule has 7 nitrogen and oxygen atoms in total. The lowest BCUT2D eigenvalue weighted by molar-refractivity contribution is -0.122. The fourth-order valence-electron chi connectivity index (χ4n) is 4.16. The summed E-state index contributed by atoms with van der Waals surface area (Å²) in [4.78, 5) is 15.6. The van der Waals surface area contributed by atoms with E-state index in [-0.39, 0.29) is 5.91 Å². The smallest absolute Gasteiger partial charge is 0.244 e. The van der Waals surface area contributed by atoms with E-state index in [1.807, 2.05) is 25.1 Å². The molecular weight excluding hydrogens is 426 g/mol. The minimum absolute atomic E-state index is 0.315. The van der Waals surface area contributed by atoms with Crippen LogP contribution in [-0.4, -0.2) is 51.7 Å². The molecule has 1 heterocycles. The Labute approximate surface area is 191 Å². The summed E-state index contributed by atoms with van der Waals surface area (Å²) in [6.45, 7) is 5.24. The first kappa shape index (κ1) is 24.1. The lowest BCUT2D eigenvalue weighted by Gasteiger charge is -2.30. The highest BCUT2D eigenvalue weighted by molar-refractivity contribution is 7.92. The third-order valence-electron chi connectivity index (χ3n) is 5.82. The van der Waals surface area contributed by atoms with E-state index in [1.165, 1.54) is 22.7 Å². The number of methoxy groups -OCH3 is 1. The molecule has 174 valence electrons. The van der Waals surface area contributed by atoms with Crippen molar-refractivity contribution in [3.05, 3.63) is 59.7 Å². The number of likely N-dealkylation sites (tertiary alicyclic amines) is 1. The van der Waals surface area contributed by atoms with Crippen LogP contribution in [0.15, 0.2) is 48.5 Å². The number of rotatable bonds is 10. The highest BCUT2D eigenvalue weighted by Gasteiger charge is 2.31. The highest BCUT2D eigenvalue weighted by atomic mass is 32.2. The van der Waals surface area contributed by atoms with Crippen LogP contribution < -0.4 is 14.4 Å². The van der Waals surface area contributed by atoms with Crippen LogP contribution in [0.2, 0.25) is 0 Å². The number of ether oxygens (including phenoxy) is 1. The Bertz CT molecular complexity index is 1000. The van der Waals surface area contributed by atoms with Gasteiger partial charge in [-0.25, -0.2) is 8.42 Å². The standard InChI is InChI=1S/C24H33N3O4S/c1-4-23(27(32(3,29)30)21-11-13-22(31-2)14-12-21)24(28)25-17-19-9-5-6-10-20(19)18-26-15-7-8-16-26/h5-6,9-14,23H,4,7-8,15-18H2,1-3H3,(H,25,28). The minimum Gasteiger partial charge on any atom is -0.497 e. The maximum atomic E-state index is 13.1. The number of hydrogen-bond donors (Lipinski definition) is 1. The van der Waals surface area contributed by atoms with Crippen LogP contribution in [0, 0.1) is 0 Å². The van der Waals surface area contributed by atoms with E-state index in [2.05, 4.69) is 16.3 Å². The van der Waals surface area contributed by atoms with Crippen molar-refractivity contribution in [1.29, 1.82) is 0 Å². The lowest BCUT2D eigenvalue weighted by Crippen LogP contribution is -2.49. The molecule has 2 aromatic rings. The number of benzene rings is 2. The Morgan fingerprint density at radius 1 is 1.09 bits per heavy atom. The van der Waals surface area contributed by atoms with E-state index in [9.17, 15) is 13.2 Å². The monoisotopic (exact) mass is 459 g/mol. The molecular formula is C24H33N3O4S. The third kappa shape index (κ3) is 6.01.